The summed E-state index contributed by atoms with van der Waals surface area (Å²) in [6.45, 7) is 5.85. The van der Waals surface area contributed by atoms with Crippen LogP contribution < -0.4 is 0 Å². The van der Waals surface area contributed by atoms with Crippen LogP contribution in [0.4, 0.5) is 0 Å². The molecular weight excluding hydrogens is 414 g/mol. The molecule has 0 spiro atoms. The first kappa shape index (κ1) is 22.2. The number of piperazine rings is 1. The van der Waals surface area contributed by atoms with Gasteiger partial charge in [-0.1, -0.05) is 6.07 Å². The smallest absolute Gasteiger partial charge is 0.243 e. The summed E-state index contributed by atoms with van der Waals surface area (Å²) in [6.07, 6.45) is 2.14. The lowest BCUT2D eigenvalue weighted by Gasteiger charge is -2.37. The third-order valence-electron chi connectivity index (χ3n) is 5.94. The Morgan fingerprint density at radius 3 is 1.97 bits per heavy atom. The maximum Gasteiger partial charge on any atom is 0.243 e. The molecule has 2 saturated heterocycles. The van der Waals surface area contributed by atoms with Crippen molar-refractivity contribution < 1.29 is 21.6 Å². The van der Waals surface area contributed by atoms with E-state index in [1.165, 1.54) is 14.9 Å². The Morgan fingerprint density at radius 1 is 0.862 bits per heavy atom. The number of nitrogens with zero attached hydrogens (tertiary/aromatic N) is 3. The molecule has 0 aromatic heterocycles. The number of benzene rings is 1. The molecule has 10 heteroatoms. The molecule has 0 bridgehead atoms. The monoisotopic (exact) mass is 443 g/mol. The molecule has 29 heavy (non-hydrogen) atoms. The van der Waals surface area contributed by atoms with Gasteiger partial charge in [0, 0.05) is 45.2 Å². The van der Waals surface area contributed by atoms with Crippen LogP contribution in [0.2, 0.25) is 0 Å². The topological polar surface area (TPSA) is 95.1 Å². The van der Waals surface area contributed by atoms with E-state index in [1.807, 2.05) is 19.9 Å². The molecule has 1 aromatic rings. The molecule has 1 aromatic carbocycles. The predicted molar refractivity (Wildman–Crippen MR) is 110 cm³/mol. The number of carbonyl (C=O) groups excluding carboxylic acids is 1. The lowest BCUT2D eigenvalue weighted by atomic mass is 9.96. The van der Waals surface area contributed by atoms with Crippen molar-refractivity contribution >= 4 is 26.0 Å². The number of hydrogen-bond acceptors (Lipinski definition) is 5. The van der Waals surface area contributed by atoms with Gasteiger partial charge in [0.05, 0.1) is 11.2 Å². The largest absolute Gasteiger partial charge is 0.340 e. The highest BCUT2D eigenvalue weighted by molar-refractivity contribution is 7.89. The summed E-state index contributed by atoms with van der Waals surface area (Å²) in [7, 11) is -6.80. The third-order valence-corrected chi connectivity index (χ3v) is 9.14. The van der Waals surface area contributed by atoms with Crippen molar-refractivity contribution in [1.29, 1.82) is 0 Å². The zero-order valence-electron chi connectivity index (χ0n) is 17.2. The van der Waals surface area contributed by atoms with Crippen LogP contribution in [0.25, 0.3) is 0 Å². The van der Waals surface area contributed by atoms with Gasteiger partial charge in [-0.3, -0.25) is 4.79 Å². The fraction of sp³-hybridized carbons (Fsp3) is 0.632. The highest BCUT2D eigenvalue weighted by Gasteiger charge is 2.35. The normalized spacial score (nSPS) is 20.7. The van der Waals surface area contributed by atoms with Gasteiger partial charge < -0.3 is 4.90 Å². The van der Waals surface area contributed by atoms with Gasteiger partial charge in [0.15, 0.2) is 0 Å². The molecule has 0 saturated carbocycles. The van der Waals surface area contributed by atoms with Crippen LogP contribution in [0.3, 0.4) is 0 Å². The summed E-state index contributed by atoms with van der Waals surface area (Å²) in [4.78, 5) is 14.8. The van der Waals surface area contributed by atoms with Crippen molar-refractivity contribution in [2.24, 2.45) is 5.92 Å². The van der Waals surface area contributed by atoms with E-state index in [0.29, 0.717) is 57.0 Å². The standard InChI is InChI=1S/C19H29N3O5S2/c1-15-4-5-18(14-16(15)2)29(26,27)22-8-6-17(7-9-22)19(23)20-10-12-21(13-11-20)28(3,24)25/h4-5,14,17H,6-13H2,1-3H3. The summed E-state index contributed by atoms with van der Waals surface area (Å²) in [5, 5.41) is 0. The fourth-order valence-corrected chi connectivity index (χ4v) is 6.25. The average Bonchev–Trinajstić information content (AvgIpc) is 2.69. The summed E-state index contributed by atoms with van der Waals surface area (Å²) in [5.41, 5.74) is 1.98. The van der Waals surface area contributed by atoms with Crippen LogP contribution in [-0.4, -0.2) is 81.8 Å². The Labute approximate surface area is 173 Å². The summed E-state index contributed by atoms with van der Waals surface area (Å²) in [5.74, 6) is -0.215. The molecule has 1 amide bonds. The van der Waals surface area contributed by atoms with Crippen molar-refractivity contribution in [3.05, 3.63) is 29.3 Å². The number of rotatable bonds is 4. The average molecular weight is 444 g/mol. The second-order valence-corrected chi connectivity index (χ2v) is 11.8. The fourth-order valence-electron chi connectivity index (χ4n) is 3.86. The van der Waals surface area contributed by atoms with Gasteiger partial charge in [0.2, 0.25) is 26.0 Å². The van der Waals surface area contributed by atoms with E-state index in [9.17, 15) is 21.6 Å². The Kier molecular flexibility index (Phi) is 6.38. The summed E-state index contributed by atoms with van der Waals surface area (Å²) >= 11 is 0. The van der Waals surface area contributed by atoms with Gasteiger partial charge in [0.25, 0.3) is 0 Å². The second kappa shape index (κ2) is 8.33. The van der Waals surface area contributed by atoms with Crippen LogP contribution in [0.5, 0.6) is 0 Å². The molecule has 8 nitrogen and oxygen atoms in total. The quantitative estimate of drug-likeness (QED) is 0.686. The van der Waals surface area contributed by atoms with Gasteiger partial charge in [-0.25, -0.2) is 16.8 Å². The van der Waals surface area contributed by atoms with Crippen LogP contribution in [-0.2, 0) is 24.8 Å². The molecule has 0 atom stereocenters. The summed E-state index contributed by atoms with van der Waals surface area (Å²) in [6, 6.07) is 5.15. The summed E-state index contributed by atoms with van der Waals surface area (Å²) < 4.78 is 51.9. The van der Waals surface area contributed by atoms with Crippen LogP contribution in [0, 0.1) is 19.8 Å². The lowest BCUT2D eigenvalue weighted by Crippen LogP contribution is -2.52. The Bertz CT molecular complexity index is 975. The Hall–Kier alpha value is -1.49. The maximum absolute atomic E-state index is 12.9. The highest BCUT2D eigenvalue weighted by atomic mass is 32.2. The van der Waals surface area contributed by atoms with E-state index in [-0.39, 0.29) is 11.8 Å². The van der Waals surface area contributed by atoms with Crippen molar-refractivity contribution in [2.45, 2.75) is 31.6 Å². The second-order valence-electron chi connectivity index (χ2n) is 7.91. The van der Waals surface area contributed by atoms with E-state index in [1.54, 1.807) is 17.0 Å². The van der Waals surface area contributed by atoms with Crippen LogP contribution >= 0.6 is 0 Å². The van der Waals surface area contributed by atoms with Gasteiger partial charge in [-0.2, -0.15) is 8.61 Å². The first-order chi connectivity index (χ1) is 13.5. The van der Waals surface area contributed by atoms with Gasteiger partial charge in [0.1, 0.15) is 0 Å². The molecule has 0 aliphatic carbocycles. The molecule has 2 aliphatic heterocycles. The first-order valence-electron chi connectivity index (χ1n) is 9.81. The molecule has 162 valence electrons. The van der Waals surface area contributed by atoms with Crippen LogP contribution in [0.1, 0.15) is 24.0 Å². The molecular formula is C19H29N3O5S2. The highest BCUT2D eigenvalue weighted by Crippen LogP contribution is 2.26. The van der Waals surface area contributed by atoms with E-state index in [4.69, 9.17) is 0 Å². The van der Waals surface area contributed by atoms with Crippen molar-refractivity contribution in [3.63, 3.8) is 0 Å². The van der Waals surface area contributed by atoms with E-state index >= 15 is 0 Å². The number of piperidine rings is 1. The molecule has 2 fully saturated rings. The number of carbonyl (C=O) groups is 1. The van der Waals surface area contributed by atoms with Gasteiger partial charge >= 0.3 is 0 Å². The molecule has 0 N–H and O–H groups in total. The third kappa shape index (κ3) is 4.82. The Morgan fingerprint density at radius 2 is 1.45 bits per heavy atom. The maximum atomic E-state index is 12.9. The zero-order chi connectivity index (χ0) is 21.4. The molecule has 2 aliphatic rings. The van der Waals surface area contributed by atoms with Gasteiger partial charge in [-0.15, -0.1) is 0 Å². The van der Waals surface area contributed by atoms with E-state index in [2.05, 4.69) is 0 Å². The zero-order valence-corrected chi connectivity index (χ0v) is 18.8. The lowest BCUT2D eigenvalue weighted by molar-refractivity contribution is -0.137. The van der Waals surface area contributed by atoms with E-state index in [0.717, 1.165) is 11.1 Å². The molecule has 3 rings (SSSR count). The molecule has 0 unspecified atom stereocenters. The predicted octanol–water partition coefficient (Wildman–Crippen LogP) is 0.808. The SMILES string of the molecule is Cc1ccc(S(=O)(=O)N2CCC(C(=O)N3CCN(S(C)(=O)=O)CC3)CC2)cc1C. The van der Waals surface area contributed by atoms with Crippen molar-refractivity contribution in [3.8, 4) is 0 Å². The van der Waals surface area contributed by atoms with E-state index < -0.39 is 20.0 Å². The van der Waals surface area contributed by atoms with Crippen LogP contribution in [0.15, 0.2) is 23.1 Å². The molecule has 2 heterocycles. The minimum Gasteiger partial charge on any atom is -0.340 e. The van der Waals surface area contributed by atoms with Gasteiger partial charge in [-0.05, 0) is 49.9 Å². The first-order valence-corrected chi connectivity index (χ1v) is 13.1. The number of hydrogen-bond donors (Lipinski definition) is 0. The number of amides is 1. The minimum absolute atomic E-state index is 0.00128. The number of sulfonamides is 2. The van der Waals surface area contributed by atoms with Crippen molar-refractivity contribution in [1.82, 2.24) is 13.5 Å². The van der Waals surface area contributed by atoms with Crippen molar-refractivity contribution in [2.75, 3.05) is 45.5 Å². The molecule has 0 radical (unpaired) electrons. The Balaban J connectivity index is 1.59. The minimum atomic E-state index is -3.56. The number of aryl methyl sites for hydroxylation is 2.